The molecule has 0 aliphatic carbocycles. The minimum absolute atomic E-state index is 0.116. The van der Waals surface area contributed by atoms with Crippen molar-refractivity contribution < 1.29 is 9.21 Å². The van der Waals surface area contributed by atoms with Gasteiger partial charge in [-0.1, -0.05) is 23.7 Å². The number of hydrogen-bond donors (Lipinski definition) is 0. The van der Waals surface area contributed by atoms with Crippen LogP contribution in [0.4, 0.5) is 0 Å². The highest BCUT2D eigenvalue weighted by Gasteiger charge is 2.23. The summed E-state index contributed by atoms with van der Waals surface area (Å²) in [6.07, 6.45) is 0. The minimum Gasteiger partial charge on any atom is -0.449 e. The first kappa shape index (κ1) is 13.0. The molecule has 0 saturated heterocycles. The largest absolute Gasteiger partial charge is 0.449 e. The van der Waals surface area contributed by atoms with E-state index < -0.39 is 0 Å². The van der Waals surface area contributed by atoms with Gasteiger partial charge in [0, 0.05) is 24.0 Å². The van der Waals surface area contributed by atoms with E-state index in [0.29, 0.717) is 16.4 Å². The number of carbonyl (C=O) groups is 1. The first-order chi connectivity index (χ1) is 8.43. The van der Waals surface area contributed by atoms with Crippen LogP contribution in [0.15, 0.2) is 22.6 Å². The molecule has 18 heavy (non-hydrogen) atoms. The van der Waals surface area contributed by atoms with Crippen molar-refractivity contribution in [1.29, 1.82) is 0 Å². The molecule has 1 aromatic heterocycles. The quantitative estimate of drug-likeness (QED) is 0.826. The Hall–Kier alpha value is -1.48. The third kappa shape index (κ3) is 1.99. The normalized spacial score (nSPS) is 11.2. The fourth-order valence-electron chi connectivity index (χ4n) is 1.81. The first-order valence-electron chi connectivity index (χ1n) is 5.88. The van der Waals surface area contributed by atoms with Gasteiger partial charge in [-0.05, 0) is 26.8 Å². The predicted molar refractivity (Wildman–Crippen MR) is 73.2 cm³/mol. The first-order valence-corrected chi connectivity index (χ1v) is 6.26. The van der Waals surface area contributed by atoms with Gasteiger partial charge >= 0.3 is 0 Å². The number of rotatable bonds is 2. The smallest absolute Gasteiger partial charge is 0.289 e. The highest BCUT2D eigenvalue weighted by molar-refractivity contribution is 6.35. The molecular weight excluding hydrogens is 250 g/mol. The highest BCUT2D eigenvalue weighted by Crippen LogP contribution is 2.31. The number of nitrogens with zero attached hydrogens (tertiary/aromatic N) is 1. The molecule has 0 unspecified atom stereocenters. The minimum atomic E-state index is -0.116. The molecule has 3 nitrogen and oxygen atoms in total. The van der Waals surface area contributed by atoms with E-state index >= 15 is 0 Å². The van der Waals surface area contributed by atoms with Crippen molar-refractivity contribution in [2.75, 3.05) is 7.05 Å². The molecule has 2 aromatic rings. The monoisotopic (exact) mass is 265 g/mol. The second-order valence-electron chi connectivity index (χ2n) is 4.68. The molecule has 96 valence electrons. The van der Waals surface area contributed by atoms with Crippen LogP contribution in [0.25, 0.3) is 11.0 Å². The number of benzene rings is 1. The number of furan rings is 1. The van der Waals surface area contributed by atoms with Crippen molar-refractivity contribution in [2.45, 2.75) is 26.8 Å². The molecule has 0 spiro atoms. The Morgan fingerprint density at radius 1 is 1.39 bits per heavy atom. The summed E-state index contributed by atoms with van der Waals surface area (Å²) in [7, 11) is 1.77. The Bertz CT molecular complexity index is 601. The summed E-state index contributed by atoms with van der Waals surface area (Å²) in [6.45, 7) is 5.80. The zero-order valence-electron chi connectivity index (χ0n) is 11.0. The lowest BCUT2D eigenvalue weighted by atomic mass is 10.1. The van der Waals surface area contributed by atoms with Crippen LogP contribution in [0.1, 0.15) is 30.0 Å². The maximum atomic E-state index is 12.3. The number of fused-ring (bicyclic) bond motifs is 1. The van der Waals surface area contributed by atoms with Gasteiger partial charge in [0.25, 0.3) is 5.91 Å². The lowest BCUT2D eigenvalue weighted by Crippen LogP contribution is -2.33. The molecule has 0 aliphatic rings. The van der Waals surface area contributed by atoms with Crippen LogP contribution in [0.5, 0.6) is 0 Å². The van der Waals surface area contributed by atoms with E-state index in [0.717, 1.165) is 10.9 Å². The van der Waals surface area contributed by atoms with Gasteiger partial charge in [0.15, 0.2) is 11.3 Å². The zero-order chi connectivity index (χ0) is 13.4. The average molecular weight is 266 g/mol. The van der Waals surface area contributed by atoms with Crippen molar-refractivity contribution in [3.63, 3.8) is 0 Å². The number of para-hydroxylation sites is 1. The lowest BCUT2D eigenvalue weighted by molar-refractivity contribution is 0.0724. The van der Waals surface area contributed by atoms with Crippen LogP contribution in [0.3, 0.4) is 0 Å². The molecule has 0 N–H and O–H groups in total. The van der Waals surface area contributed by atoms with E-state index in [-0.39, 0.29) is 11.9 Å². The number of hydrogen-bond acceptors (Lipinski definition) is 2. The topological polar surface area (TPSA) is 33.5 Å². The Morgan fingerprint density at radius 3 is 2.61 bits per heavy atom. The molecule has 1 amide bonds. The molecule has 1 aromatic carbocycles. The Morgan fingerprint density at radius 2 is 2.06 bits per heavy atom. The van der Waals surface area contributed by atoms with Crippen molar-refractivity contribution in [3.8, 4) is 0 Å². The van der Waals surface area contributed by atoms with Gasteiger partial charge in [-0.2, -0.15) is 0 Å². The Kier molecular flexibility index (Phi) is 3.35. The van der Waals surface area contributed by atoms with Gasteiger partial charge in [-0.3, -0.25) is 4.79 Å². The summed E-state index contributed by atoms with van der Waals surface area (Å²) in [5.41, 5.74) is 1.42. The number of carbonyl (C=O) groups excluding carboxylic acids is 1. The number of amides is 1. The van der Waals surface area contributed by atoms with Crippen molar-refractivity contribution >= 4 is 28.5 Å². The molecule has 0 bridgehead atoms. The average Bonchev–Trinajstić information content (AvgIpc) is 2.67. The molecule has 2 rings (SSSR count). The molecule has 0 aliphatic heterocycles. The Balaban J connectivity index is 2.56. The molecule has 1 heterocycles. The predicted octanol–water partition coefficient (Wildman–Crippen LogP) is 3.88. The van der Waals surface area contributed by atoms with Crippen LogP contribution in [-0.4, -0.2) is 23.9 Å². The fourth-order valence-corrected chi connectivity index (χ4v) is 2.02. The maximum Gasteiger partial charge on any atom is 0.289 e. The van der Waals surface area contributed by atoms with Crippen molar-refractivity contribution in [2.24, 2.45) is 0 Å². The molecular formula is C14H16ClNO2. The SMILES string of the molecule is Cc1c(C(=O)N(C)C(C)C)oc2c(Cl)cccc12. The van der Waals surface area contributed by atoms with Gasteiger partial charge in [0.2, 0.25) is 0 Å². The van der Waals surface area contributed by atoms with Gasteiger partial charge in [0.1, 0.15) is 0 Å². The van der Waals surface area contributed by atoms with E-state index in [1.807, 2.05) is 32.9 Å². The summed E-state index contributed by atoms with van der Waals surface area (Å²) in [6, 6.07) is 5.65. The standard InChI is InChI=1S/C14H16ClNO2/c1-8(2)16(4)14(17)12-9(3)10-6-5-7-11(15)13(10)18-12/h5-8H,1-4H3. The van der Waals surface area contributed by atoms with Crippen molar-refractivity contribution in [1.82, 2.24) is 4.90 Å². The highest BCUT2D eigenvalue weighted by atomic mass is 35.5. The lowest BCUT2D eigenvalue weighted by Gasteiger charge is -2.20. The third-order valence-corrected chi connectivity index (χ3v) is 3.50. The van der Waals surface area contributed by atoms with Crippen LogP contribution in [0, 0.1) is 6.92 Å². The molecule has 0 radical (unpaired) electrons. The van der Waals surface area contributed by atoms with Crippen LogP contribution in [-0.2, 0) is 0 Å². The fraction of sp³-hybridized carbons (Fsp3) is 0.357. The van der Waals surface area contributed by atoms with Crippen molar-refractivity contribution in [3.05, 3.63) is 34.5 Å². The van der Waals surface area contributed by atoms with Crippen LogP contribution in [0.2, 0.25) is 5.02 Å². The number of halogens is 1. The van der Waals surface area contributed by atoms with E-state index in [1.54, 1.807) is 18.0 Å². The second-order valence-corrected chi connectivity index (χ2v) is 5.09. The zero-order valence-corrected chi connectivity index (χ0v) is 11.7. The summed E-state index contributed by atoms with van der Waals surface area (Å²) < 4.78 is 5.64. The van der Waals surface area contributed by atoms with E-state index in [9.17, 15) is 4.79 Å². The van der Waals surface area contributed by atoms with Gasteiger partial charge < -0.3 is 9.32 Å². The summed E-state index contributed by atoms with van der Waals surface area (Å²) >= 11 is 6.07. The summed E-state index contributed by atoms with van der Waals surface area (Å²) in [5, 5.41) is 1.42. The number of aryl methyl sites for hydroxylation is 1. The summed E-state index contributed by atoms with van der Waals surface area (Å²) in [5.74, 6) is 0.254. The van der Waals surface area contributed by atoms with Gasteiger partial charge in [0.05, 0.1) is 5.02 Å². The van der Waals surface area contributed by atoms with Gasteiger partial charge in [-0.25, -0.2) is 0 Å². The second kappa shape index (κ2) is 4.65. The van der Waals surface area contributed by atoms with Crippen LogP contribution >= 0.6 is 11.6 Å². The Labute approximate surface area is 111 Å². The van der Waals surface area contributed by atoms with Crippen LogP contribution < -0.4 is 0 Å². The maximum absolute atomic E-state index is 12.3. The summed E-state index contributed by atoms with van der Waals surface area (Å²) in [4.78, 5) is 13.9. The molecule has 0 saturated carbocycles. The molecule has 4 heteroatoms. The van der Waals surface area contributed by atoms with Gasteiger partial charge in [-0.15, -0.1) is 0 Å². The van der Waals surface area contributed by atoms with E-state index in [1.165, 1.54) is 0 Å². The van der Waals surface area contributed by atoms with E-state index in [4.69, 9.17) is 16.0 Å². The molecule has 0 atom stereocenters. The molecule has 0 fully saturated rings. The third-order valence-electron chi connectivity index (χ3n) is 3.20. The van der Waals surface area contributed by atoms with E-state index in [2.05, 4.69) is 0 Å².